The number of phenols is 1. The van der Waals surface area contributed by atoms with E-state index < -0.39 is 0 Å². The van der Waals surface area contributed by atoms with Gasteiger partial charge in [-0.05, 0) is 15.9 Å². The number of nitrogens with two attached hydrogens (primary N) is 1. The van der Waals surface area contributed by atoms with Crippen LogP contribution in [0.3, 0.4) is 0 Å². The van der Waals surface area contributed by atoms with E-state index in [0.717, 1.165) is 0 Å². The number of rotatable bonds is 2. The molecule has 0 heterocycles. The number of ether oxygens (including phenoxy) is 1. The van der Waals surface area contributed by atoms with Crippen LogP contribution in [0.25, 0.3) is 0 Å². The molecule has 0 saturated heterocycles. The van der Waals surface area contributed by atoms with Crippen LogP contribution in [0.2, 0.25) is 5.02 Å². The molecule has 1 aromatic carbocycles. The number of phenolic OH excluding ortho intramolecular Hbond substituents is 1. The Morgan fingerprint density at radius 2 is 2.21 bits per heavy atom. The molecule has 1 aromatic rings. The van der Waals surface area contributed by atoms with Crippen molar-refractivity contribution in [2.75, 3.05) is 12.8 Å². The van der Waals surface area contributed by atoms with Crippen molar-refractivity contribution in [2.45, 2.75) is 0 Å². The van der Waals surface area contributed by atoms with E-state index in [1.54, 1.807) is 0 Å². The highest BCUT2D eigenvalue weighted by atomic mass is 79.9. The van der Waals surface area contributed by atoms with Crippen LogP contribution in [0.15, 0.2) is 4.47 Å². The van der Waals surface area contributed by atoms with E-state index in [0.29, 0.717) is 6.29 Å². The molecule has 0 aromatic heterocycles. The highest BCUT2D eigenvalue weighted by Crippen LogP contribution is 2.45. The molecule has 0 saturated carbocycles. The Labute approximate surface area is 93.7 Å². The lowest BCUT2D eigenvalue weighted by Gasteiger charge is -2.12. The molecule has 4 nitrogen and oxygen atoms in total. The minimum absolute atomic E-state index is 0.0215. The van der Waals surface area contributed by atoms with E-state index in [9.17, 15) is 9.90 Å². The van der Waals surface area contributed by atoms with E-state index in [2.05, 4.69) is 15.9 Å². The minimum Gasteiger partial charge on any atom is -0.503 e. The Morgan fingerprint density at radius 1 is 1.64 bits per heavy atom. The second-order valence-corrected chi connectivity index (χ2v) is 3.63. The number of halogens is 2. The number of benzene rings is 1. The van der Waals surface area contributed by atoms with E-state index in [4.69, 9.17) is 22.1 Å². The fourth-order valence-electron chi connectivity index (χ4n) is 1.01. The van der Waals surface area contributed by atoms with Gasteiger partial charge in [0.15, 0.2) is 17.8 Å². The maximum Gasteiger partial charge on any atom is 0.185 e. The molecule has 0 aliphatic heterocycles. The summed E-state index contributed by atoms with van der Waals surface area (Å²) in [6, 6.07) is 0. The van der Waals surface area contributed by atoms with Crippen LogP contribution >= 0.6 is 27.5 Å². The zero-order chi connectivity index (χ0) is 10.9. The van der Waals surface area contributed by atoms with Gasteiger partial charge in [0, 0.05) is 0 Å². The van der Waals surface area contributed by atoms with Gasteiger partial charge in [0.2, 0.25) is 0 Å². The smallest absolute Gasteiger partial charge is 0.185 e. The maximum absolute atomic E-state index is 10.7. The van der Waals surface area contributed by atoms with Gasteiger partial charge in [-0.1, -0.05) is 11.6 Å². The van der Waals surface area contributed by atoms with E-state index in [1.165, 1.54) is 7.11 Å². The molecule has 0 unspecified atom stereocenters. The van der Waals surface area contributed by atoms with Gasteiger partial charge in [0.05, 0.1) is 27.9 Å². The first-order valence-corrected chi connectivity index (χ1v) is 4.70. The van der Waals surface area contributed by atoms with Crippen molar-refractivity contribution in [3.63, 3.8) is 0 Å². The van der Waals surface area contributed by atoms with Gasteiger partial charge in [-0.25, -0.2) is 0 Å². The number of methoxy groups -OCH3 is 1. The van der Waals surface area contributed by atoms with Crippen molar-refractivity contribution >= 4 is 39.5 Å². The molecule has 14 heavy (non-hydrogen) atoms. The molecule has 0 atom stereocenters. The third kappa shape index (κ3) is 1.53. The van der Waals surface area contributed by atoms with Crippen molar-refractivity contribution in [2.24, 2.45) is 0 Å². The third-order valence-electron chi connectivity index (χ3n) is 1.71. The predicted molar refractivity (Wildman–Crippen MR) is 57.2 cm³/mol. The number of carbonyl (C=O) groups excluding carboxylic acids is 1. The first-order chi connectivity index (χ1) is 6.54. The summed E-state index contributed by atoms with van der Waals surface area (Å²) in [5, 5.41) is 9.59. The zero-order valence-corrected chi connectivity index (χ0v) is 9.52. The third-order valence-corrected chi connectivity index (χ3v) is 3.10. The van der Waals surface area contributed by atoms with Gasteiger partial charge in [0.1, 0.15) is 0 Å². The number of aromatic hydroxyl groups is 1. The van der Waals surface area contributed by atoms with Gasteiger partial charge in [-0.3, -0.25) is 4.79 Å². The standard InChI is InChI=1S/C8H7BrClNO3/c1-14-8-6(11)3(2-12)5(10)4(9)7(8)13/h2,13H,11H2,1H3. The quantitative estimate of drug-likeness (QED) is 0.643. The molecule has 0 amide bonds. The van der Waals surface area contributed by atoms with Crippen molar-refractivity contribution in [1.82, 2.24) is 0 Å². The van der Waals surface area contributed by atoms with E-state index in [1.807, 2.05) is 0 Å². The number of carbonyl (C=O) groups is 1. The summed E-state index contributed by atoms with van der Waals surface area (Å²) in [4.78, 5) is 10.7. The van der Waals surface area contributed by atoms with Crippen LogP contribution in [0.1, 0.15) is 10.4 Å². The van der Waals surface area contributed by atoms with Crippen LogP contribution in [-0.2, 0) is 0 Å². The molecule has 3 N–H and O–H groups in total. The van der Waals surface area contributed by atoms with Crippen LogP contribution in [0.4, 0.5) is 5.69 Å². The van der Waals surface area contributed by atoms with Crippen molar-refractivity contribution in [1.29, 1.82) is 0 Å². The van der Waals surface area contributed by atoms with E-state index in [-0.39, 0.29) is 32.2 Å². The van der Waals surface area contributed by atoms with Crippen molar-refractivity contribution < 1.29 is 14.6 Å². The van der Waals surface area contributed by atoms with Crippen LogP contribution in [0.5, 0.6) is 11.5 Å². The first kappa shape index (κ1) is 11.1. The lowest BCUT2D eigenvalue weighted by molar-refractivity contribution is 0.112. The van der Waals surface area contributed by atoms with Gasteiger partial charge < -0.3 is 15.6 Å². The Kier molecular flexibility index (Phi) is 3.23. The molecule has 0 fully saturated rings. The minimum atomic E-state index is -0.222. The maximum atomic E-state index is 10.7. The lowest BCUT2D eigenvalue weighted by atomic mass is 10.1. The van der Waals surface area contributed by atoms with Gasteiger partial charge in [-0.15, -0.1) is 0 Å². The largest absolute Gasteiger partial charge is 0.503 e. The number of hydrogen-bond donors (Lipinski definition) is 2. The van der Waals surface area contributed by atoms with Crippen LogP contribution < -0.4 is 10.5 Å². The fourth-order valence-corrected chi connectivity index (χ4v) is 1.64. The molecule has 1 rings (SSSR count). The summed E-state index contributed by atoms with van der Waals surface area (Å²) in [5.41, 5.74) is 5.67. The molecular formula is C8H7BrClNO3. The van der Waals surface area contributed by atoms with Crippen LogP contribution in [0, 0.1) is 0 Å². The highest BCUT2D eigenvalue weighted by Gasteiger charge is 2.19. The van der Waals surface area contributed by atoms with E-state index >= 15 is 0 Å². The normalized spacial score (nSPS) is 9.93. The van der Waals surface area contributed by atoms with Gasteiger partial charge in [-0.2, -0.15) is 0 Å². The molecule has 6 heteroatoms. The molecule has 0 bridgehead atoms. The highest BCUT2D eigenvalue weighted by molar-refractivity contribution is 9.10. The SMILES string of the molecule is COc1c(N)c(C=O)c(Cl)c(Br)c1O. The topological polar surface area (TPSA) is 72.5 Å². The monoisotopic (exact) mass is 279 g/mol. The van der Waals surface area contributed by atoms with Crippen molar-refractivity contribution in [3.8, 4) is 11.5 Å². The molecule has 0 spiro atoms. The van der Waals surface area contributed by atoms with Gasteiger partial charge >= 0.3 is 0 Å². The molecule has 76 valence electrons. The Hall–Kier alpha value is -0.940. The number of aldehydes is 1. The molecule has 0 aliphatic carbocycles. The molecular weight excluding hydrogens is 273 g/mol. The summed E-state index contributed by atoms with van der Waals surface area (Å²) >= 11 is 8.78. The Balaban J connectivity index is 3.64. The Bertz CT molecular complexity index is 395. The van der Waals surface area contributed by atoms with Crippen molar-refractivity contribution in [3.05, 3.63) is 15.1 Å². The molecule has 0 radical (unpaired) electrons. The summed E-state index contributed by atoms with van der Waals surface area (Å²) in [6.07, 6.45) is 0.504. The first-order valence-electron chi connectivity index (χ1n) is 3.53. The summed E-state index contributed by atoms with van der Waals surface area (Å²) in [6.45, 7) is 0. The van der Waals surface area contributed by atoms with Crippen LogP contribution in [-0.4, -0.2) is 18.5 Å². The average molecular weight is 281 g/mol. The second kappa shape index (κ2) is 4.06. The fraction of sp³-hybridized carbons (Fsp3) is 0.125. The zero-order valence-electron chi connectivity index (χ0n) is 7.17. The van der Waals surface area contributed by atoms with Gasteiger partial charge in [0.25, 0.3) is 0 Å². The Morgan fingerprint density at radius 3 is 2.64 bits per heavy atom. The second-order valence-electron chi connectivity index (χ2n) is 2.46. The summed E-state index contributed by atoms with van der Waals surface area (Å²) in [7, 11) is 1.33. The predicted octanol–water partition coefficient (Wildman–Crippen LogP) is 2.21. The number of nitrogen functional groups attached to an aromatic ring is 1. The lowest BCUT2D eigenvalue weighted by Crippen LogP contribution is -1.99. The number of hydrogen-bond acceptors (Lipinski definition) is 4. The summed E-state index contributed by atoms with van der Waals surface area (Å²) in [5.74, 6) is -0.191. The average Bonchev–Trinajstić information content (AvgIpc) is 2.16. The number of anilines is 1. The molecule has 0 aliphatic rings. The summed E-state index contributed by atoms with van der Waals surface area (Å²) < 4.78 is 5.02.